The molecular weight excluding hydrogens is 440 g/mol. The van der Waals surface area contributed by atoms with Gasteiger partial charge in [-0.05, 0) is 91.5 Å². The number of methoxy groups -OCH3 is 1. The first-order valence-corrected chi connectivity index (χ1v) is 12.4. The molecule has 1 atom stereocenters. The Morgan fingerprint density at radius 1 is 1.26 bits per heavy atom. The molecule has 0 fully saturated rings. The van der Waals surface area contributed by atoms with Gasteiger partial charge in [0, 0.05) is 18.3 Å². The number of Topliss-reactive ketones (excluding diaryl/α,β-unsaturated/α-hetero) is 1. The lowest BCUT2D eigenvalue weighted by molar-refractivity contribution is -0.153. The minimum absolute atomic E-state index is 0.0443. The SMILES string of the molecule is CC/C=C(C(/CC(C)C)=C(/CC)c1cc(O)ccc1C)\C(C)=C\C1=C(C(C)=O)COC(=O)C1OC. The zero-order valence-corrected chi connectivity index (χ0v) is 22.5. The van der Waals surface area contributed by atoms with E-state index in [0.717, 1.165) is 41.5 Å². The summed E-state index contributed by atoms with van der Waals surface area (Å²) in [5.74, 6) is 0.0246. The zero-order chi connectivity index (χ0) is 26.3. The van der Waals surface area contributed by atoms with E-state index in [1.54, 1.807) is 6.07 Å². The molecule has 1 heterocycles. The van der Waals surface area contributed by atoms with Crippen molar-refractivity contribution in [3.8, 4) is 5.75 Å². The van der Waals surface area contributed by atoms with Gasteiger partial charge in [0.15, 0.2) is 11.9 Å². The lowest BCUT2D eigenvalue weighted by Crippen LogP contribution is -2.35. The molecule has 5 heteroatoms. The van der Waals surface area contributed by atoms with E-state index in [-0.39, 0.29) is 18.1 Å². The monoisotopic (exact) mass is 480 g/mol. The maximum Gasteiger partial charge on any atom is 0.340 e. The number of carbonyl (C=O) groups is 2. The van der Waals surface area contributed by atoms with Crippen LogP contribution in [0.2, 0.25) is 0 Å². The topological polar surface area (TPSA) is 72.8 Å². The number of rotatable bonds is 10. The van der Waals surface area contributed by atoms with E-state index in [4.69, 9.17) is 9.47 Å². The highest BCUT2D eigenvalue weighted by molar-refractivity contribution is 5.98. The Labute approximate surface area is 210 Å². The van der Waals surface area contributed by atoms with Crippen LogP contribution in [0.25, 0.3) is 5.57 Å². The number of ether oxygens (including phenoxy) is 2. The predicted molar refractivity (Wildman–Crippen MR) is 141 cm³/mol. The van der Waals surface area contributed by atoms with Gasteiger partial charge >= 0.3 is 5.97 Å². The third-order valence-electron chi connectivity index (χ3n) is 6.27. The second kappa shape index (κ2) is 12.7. The van der Waals surface area contributed by atoms with E-state index in [9.17, 15) is 14.7 Å². The van der Waals surface area contributed by atoms with Gasteiger partial charge in [-0.1, -0.05) is 45.9 Å². The average molecular weight is 481 g/mol. The zero-order valence-electron chi connectivity index (χ0n) is 22.5. The number of cyclic esters (lactones) is 1. The van der Waals surface area contributed by atoms with Crippen molar-refractivity contribution in [1.82, 2.24) is 0 Å². The molecule has 1 aromatic rings. The fourth-order valence-electron chi connectivity index (χ4n) is 4.62. The number of phenols is 1. The molecule has 1 aliphatic heterocycles. The highest BCUT2D eigenvalue weighted by atomic mass is 16.6. The predicted octanol–water partition coefficient (Wildman–Crippen LogP) is 6.65. The van der Waals surface area contributed by atoms with E-state index >= 15 is 0 Å². The highest BCUT2D eigenvalue weighted by Crippen LogP contribution is 2.38. The molecule has 0 amide bonds. The minimum atomic E-state index is -0.933. The summed E-state index contributed by atoms with van der Waals surface area (Å²) in [6.45, 7) is 14.1. The molecule has 0 saturated heterocycles. The lowest BCUT2D eigenvalue weighted by Gasteiger charge is -2.26. The standard InChI is InChI=1S/C30H40O5/c1-9-11-24(20(6)15-27-28(21(7)31)17-35-30(33)29(27)34-8)26(14-18(3)4)23(10-2)25-16-22(32)13-12-19(25)5/h11-13,15-16,18,29,32H,9-10,14,17H2,1-8H3/b20-15+,24-11+,26-23-. The molecule has 1 N–H and O–H groups in total. The molecular formula is C30H40O5. The number of aromatic hydroxyl groups is 1. The van der Waals surface area contributed by atoms with Gasteiger partial charge in [0.1, 0.15) is 12.4 Å². The molecule has 0 saturated carbocycles. The first kappa shape index (κ1) is 28.3. The third-order valence-corrected chi connectivity index (χ3v) is 6.27. The molecule has 1 unspecified atom stereocenters. The van der Waals surface area contributed by atoms with Crippen LogP contribution < -0.4 is 0 Å². The van der Waals surface area contributed by atoms with Gasteiger partial charge in [-0.3, -0.25) is 4.79 Å². The maximum atomic E-state index is 12.4. The number of allylic oxidation sites excluding steroid dienone is 5. The summed E-state index contributed by atoms with van der Waals surface area (Å²) in [6, 6.07) is 5.50. The van der Waals surface area contributed by atoms with Crippen molar-refractivity contribution in [2.24, 2.45) is 5.92 Å². The Bertz CT molecular complexity index is 1080. The summed E-state index contributed by atoms with van der Waals surface area (Å²) >= 11 is 0. The largest absolute Gasteiger partial charge is 0.508 e. The number of phenolic OH excluding ortho intramolecular Hbond substituents is 1. The van der Waals surface area contributed by atoms with Crippen molar-refractivity contribution in [2.75, 3.05) is 13.7 Å². The van der Waals surface area contributed by atoms with Gasteiger partial charge in [0.05, 0.1) is 0 Å². The molecule has 5 nitrogen and oxygen atoms in total. The van der Waals surface area contributed by atoms with Crippen LogP contribution in [0.15, 0.2) is 58.2 Å². The van der Waals surface area contributed by atoms with Gasteiger partial charge < -0.3 is 14.6 Å². The van der Waals surface area contributed by atoms with E-state index in [1.807, 2.05) is 25.1 Å². The molecule has 2 rings (SSSR count). The molecule has 0 radical (unpaired) electrons. The fourth-order valence-corrected chi connectivity index (χ4v) is 4.62. The number of hydrogen-bond donors (Lipinski definition) is 1. The average Bonchev–Trinajstić information content (AvgIpc) is 2.79. The maximum absolute atomic E-state index is 12.4. The third kappa shape index (κ3) is 6.82. The summed E-state index contributed by atoms with van der Waals surface area (Å²) in [5.41, 5.74) is 7.61. The first-order valence-electron chi connectivity index (χ1n) is 12.4. The van der Waals surface area contributed by atoms with Gasteiger partial charge in [-0.25, -0.2) is 4.79 Å². The molecule has 190 valence electrons. The number of hydrogen-bond acceptors (Lipinski definition) is 5. The Morgan fingerprint density at radius 2 is 1.94 bits per heavy atom. The van der Waals surface area contributed by atoms with E-state index in [1.165, 1.54) is 25.2 Å². The molecule has 0 spiro atoms. The summed E-state index contributed by atoms with van der Waals surface area (Å²) < 4.78 is 10.6. The molecule has 0 aliphatic carbocycles. The van der Waals surface area contributed by atoms with Gasteiger partial charge in [0.2, 0.25) is 0 Å². The van der Waals surface area contributed by atoms with Crippen molar-refractivity contribution < 1.29 is 24.2 Å². The van der Waals surface area contributed by atoms with Crippen LogP contribution in [0.4, 0.5) is 0 Å². The van der Waals surface area contributed by atoms with Crippen LogP contribution in [-0.4, -0.2) is 36.7 Å². The Balaban J connectivity index is 2.82. The van der Waals surface area contributed by atoms with Crippen molar-refractivity contribution in [2.45, 2.75) is 73.8 Å². The van der Waals surface area contributed by atoms with Crippen LogP contribution in [0.5, 0.6) is 5.75 Å². The number of aryl methyl sites for hydroxylation is 1. The normalized spacial score (nSPS) is 18.1. The van der Waals surface area contributed by atoms with Crippen LogP contribution in [0.1, 0.15) is 71.9 Å². The molecule has 35 heavy (non-hydrogen) atoms. The number of benzene rings is 1. The fraction of sp³-hybridized carbons (Fsp3) is 0.467. The number of ketones is 1. The van der Waals surface area contributed by atoms with E-state index < -0.39 is 12.1 Å². The number of carbonyl (C=O) groups excluding carboxylic acids is 2. The van der Waals surface area contributed by atoms with Gasteiger partial charge in [-0.2, -0.15) is 0 Å². The Morgan fingerprint density at radius 3 is 2.49 bits per heavy atom. The first-order chi connectivity index (χ1) is 16.5. The van der Waals surface area contributed by atoms with Crippen LogP contribution in [0, 0.1) is 12.8 Å². The van der Waals surface area contributed by atoms with Crippen molar-refractivity contribution >= 4 is 17.3 Å². The van der Waals surface area contributed by atoms with Gasteiger partial charge in [-0.15, -0.1) is 0 Å². The highest BCUT2D eigenvalue weighted by Gasteiger charge is 2.32. The second-order valence-corrected chi connectivity index (χ2v) is 9.47. The Hall–Kier alpha value is -2.92. The molecule has 0 aromatic heterocycles. The summed E-state index contributed by atoms with van der Waals surface area (Å²) in [4.78, 5) is 24.8. The lowest BCUT2D eigenvalue weighted by atomic mass is 9.82. The van der Waals surface area contributed by atoms with Crippen molar-refractivity contribution in [3.63, 3.8) is 0 Å². The smallest absolute Gasteiger partial charge is 0.340 e. The number of esters is 1. The van der Waals surface area contributed by atoms with Crippen LogP contribution in [-0.2, 0) is 19.1 Å². The minimum Gasteiger partial charge on any atom is -0.508 e. The molecule has 0 bridgehead atoms. The second-order valence-electron chi connectivity index (χ2n) is 9.47. The summed E-state index contributed by atoms with van der Waals surface area (Å²) in [7, 11) is 1.45. The Kier molecular flexibility index (Phi) is 10.3. The quantitative estimate of drug-likeness (QED) is 0.300. The van der Waals surface area contributed by atoms with Crippen molar-refractivity contribution in [1.29, 1.82) is 0 Å². The van der Waals surface area contributed by atoms with E-state index in [0.29, 0.717) is 17.1 Å². The van der Waals surface area contributed by atoms with Gasteiger partial charge in [0.25, 0.3) is 0 Å². The summed E-state index contributed by atoms with van der Waals surface area (Å²) in [5, 5.41) is 10.2. The van der Waals surface area contributed by atoms with Crippen LogP contribution in [0.3, 0.4) is 0 Å². The van der Waals surface area contributed by atoms with Crippen molar-refractivity contribution in [3.05, 3.63) is 69.3 Å². The van der Waals surface area contributed by atoms with Crippen LogP contribution >= 0.6 is 0 Å². The molecule has 1 aromatic carbocycles. The molecule has 1 aliphatic rings. The summed E-state index contributed by atoms with van der Waals surface area (Å²) in [6.07, 6.45) is 5.66. The van der Waals surface area contributed by atoms with E-state index in [2.05, 4.69) is 40.7 Å².